The van der Waals surface area contributed by atoms with Crippen molar-refractivity contribution in [2.24, 2.45) is 0 Å². The van der Waals surface area contributed by atoms with E-state index in [2.05, 4.69) is 4.74 Å². The number of esters is 1. The molecule has 0 aliphatic carbocycles. The molecule has 1 heterocycles. The maximum Gasteiger partial charge on any atom is 0.346 e. The van der Waals surface area contributed by atoms with E-state index in [1.165, 1.54) is 7.11 Å². The van der Waals surface area contributed by atoms with Gasteiger partial charge in [0.2, 0.25) is 5.78 Å². The van der Waals surface area contributed by atoms with Crippen LogP contribution in [0.15, 0.2) is 48.2 Å². The van der Waals surface area contributed by atoms with Crippen LogP contribution in [0.4, 0.5) is 0 Å². The number of rotatable bonds is 4. The van der Waals surface area contributed by atoms with Gasteiger partial charge in [-0.3, -0.25) is 4.79 Å². The molecule has 0 aromatic heterocycles. The van der Waals surface area contributed by atoms with Gasteiger partial charge in [0.25, 0.3) is 0 Å². The van der Waals surface area contributed by atoms with E-state index >= 15 is 0 Å². The van der Waals surface area contributed by atoms with Gasteiger partial charge in [-0.1, -0.05) is 24.3 Å². The quantitative estimate of drug-likeness (QED) is 0.630. The van der Waals surface area contributed by atoms with Crippen molar-refractivity contribution >= 4 is 17.8 Å². The number of carbonyl (C=O) groups is 2. The summed E-state index contributed by atoms with van der Waals surface area (Å²) in [4.78, 5) is 23.9. The first-order chi connectivity index (χ1) is 12.0. The molecule has 3 rings (SSSR count). The van der Waals surface area contributed by atoms with Gasteiger partial charge in [-0.15, -0.1) is 0 Å². The van der Waals surface area contributed by atoms with E-state index in [9.17, 15) is 9.59 Å². The normalized spacial score (nSPS) is 15.5. The Morgan fingerprint density at radius 2 is 1.96 bits per heavy atom. The maximum absolute atomic E-state index is 12.5. The third-order valence-electron chi connectivity index (χ3n) is 3.96. The summed E-state index contributed by atoms with van der Waals surface area (Å²) in [6.07, 6.45) is 0.983. The average Bonchev–Trinajstić information content (AvgIpc) is 2.91. The zero-order valence-corrected chi connectivity index (χ0v) is 14.2. The summed E-state index contributed by atoms with van der Waals surface area (Å²) in [6, 6.07) is 12.6. The van der Waals surface area contributed by atoms with E-state index in [0.29, 0.717) is 17.1 Å². The molecule has 1 aliphatic heterocycles. The number of carbonyl (C=O) groups excluding carboxylic acids is 2. The number of fused-ring (bicyclic) bond motifs is 1. The van der Waals surface area contributed by atoms with E-state index in [-0.39, 0.29) is 11.5 Å². The minimum absolute atomic E-state index is 0.175. The van der Waals surface area contributed by atoms with Gasteiger partial charge in [0, 0.05) is 6.07 Å². The SMILES string of the molecule is COC(=O)C(C)Oc1ccc2c(c1)OC(=Cc1ccccc1C)C2=O. The Labute approximate surface area is 145 Å². The Hall–Kier alpha value is -3.08. The number of aryl methyl sites for hydroxylation is 1. The fraction of sp³-hybridized carbons (Fsp3) is 0.200. The third kappa shape index (κ3) is 3.40. The number of hydrogen-bond acceptors (Lipinski definition) is 5. The second-order valence-corrected chi connectivity index (χ2v) is 5.74. The number of allylic oxidation sites excluding steroid dienone is 1. The second-order valence-electron chi connectivity index (χ2n) is 5.74. The topological polar surface area (TPSA) is 61.8 Å². The summed E-state index contributed by atoms with van der Waals surface area (Å²) in [7, 11) is 1.30. The Morgan fingerprint density at radius 3 is 2.68 bits per heavy atom. The van der Waals surface area contributed by atoms with Crippen molar-refractivity contribution in [3.05, 3.63) is 64.9 Å². The first-order valence-corrected chi connectivity index (χ1v) is 7.88. The molecule has 128 valence electrons. The van der Waals surface area contributed by atoms with Crippen molar-refractivity contribution < 1.29 is 23.8 Å². The van der Waals surface area contributed by atoms with Gasteiger partial charge in [-0.05, 0) is 43.2 Å². The van der Waals surface area contributed by atoms with Gasteiger partial charge in [-0.25, -0.2) is 4.79 Å². The molecule has 0 bridgehead atoms. The molecular formula is C20H18O5. The Morgan fingerprint density at radius 1 is 1.20 bits per heavy atom. The minimum Gasteiger partial charge on any atom is -0.479 e. The Bertz CT molecular complexity index is 866. The predicted molar refractivity (Wildman–Crippen MR) is 92.7 cm³/mol. The smallest absolute Gasteiger partial charge is 0.346 e. The lowest BCUT2D eigenvalue weighted by molar-refractivity contribution is -0.147. The molecule has 0 radical (unpaired) electrons. The molecule has 0 fully saturated rings. The maximum atomic E-state index is 12.5. The van der Waals surface area contributed by atoms with Crippen molar-refractivity contribution in [2.75, 3.05) is 7.11 Å². The monoisotopic (exact) mass is 338 g/mol. The van der Waals surface area contributed by atoms with Gasteiger partial charge in [0.05, 0.1) is 12.7 Å². The Balaban J connectivity index is 1.84. The number of ketones is 1. The molecule has 1 atom stereocenters. The molecular weight excluding hydrogens is 320 g/mol. The summed E-state index contributed by atoms with van der Waals surface area (Å²) in [6.45, 7) is 3.56. The third-order valence-corrected chi connectivity index (χ3v) is 3.96. The lowest BCUT2D eigenvalue weighted by atomic mass is 10.1. The van der Waals surface area contributed by atoms with Gasteiger partial charge in [-0.2, -0.15) is 0 Å². The van der Waals surface area contributed by atoms with Gasteiger partial charge >= 0.3 is 5.97 Å². The number of hydrogen-bond donors (Lipinski definition) is 0. The number of Topliss-reactive ketones (excluding diaryl/α,β-unsaturated/α-hetero) is 1. The fourth-order valence-corrected chi connectivity index (χ4v) is 2.55. The molecule has 0 N–H and O–H groups in total. The zero-order valence-electron chi connectivity index (χ0n) is 14.2. The molecule has 2 aromatic carbocycles. The first kappa shape index (κ1) is 16.8. The molecule has 0 saturated heterocycles. The number of ether oxygens (including phenoxy) is 3. The van der Waals surface area contributed by atoms with Crippen molar-refractivity contribution in [3.8, 4) is 11.5 Å². The first-order valence-electron chi connectivity index (χ1n) is 7.88. The minimum atomic E-state index is -0.748. The van der Waals surface area contributed by atoms with Crippen molar-refractivity contribution in [2.45, 2.75) is 20.0 Å². The van der Waals surface area contributed by atoms with Crippen LogP contribution in [-0.4, -0.2) is 25.0 Å². The molecule has 2 aromatic rings. The van der Waals surface area contributed by atoms with Crippen molar-refractivity contribution in [3.63, 3.8) is 0 Å². The summed E-state index contributed by atoms with van der Waals surface area (Å²) in [5.74, 6) is 0.465. The van der Waals surface area contributed by atoms with E-state index in [1.54, 1.807) is 31.2 Å². The summed E-state index contributed by atoms with van der Waals surface area (Å²) >= 11 is 0. The molecule has 0 amide bonds. The lowest BCUT2D eigenvalue weighted by Gasteiger charge is -2.12. The second kappa shape index (κ2) is 6.81. The zero-order chi connectivity index (χ0) is 18.0. The summed E-state index contributed by atoms with van der Waals surface area (Å²) in [5.41, 5.74) is 2.45. The summed E-state index contributed by atoms with van der Waals surface area (Å²) < 4.78 is 15.8. The standard InChI is InChI=1S/C20H18O5/c1-12-6-4-5-7-14(12)10-18-19(21)16-9-8-15(11-17(16)25-18)24-13(2)20(22)23-3/h4-11,13H,1-3H3. The van der Waals surface area contributed by atoms with Crippen LogP contribution in [0.3, 0.4) is 0 Å². The van der Waals surface area contributed by atoms with Gasteiger partial charge in [0.15, 0.2) is 11.9 Å². The highest BCUT2D eigenvalue weighted by Crippen LogP contribution is 2.35. The van der Waals surface area contributed by atoms with Crippen molar-refractivity contribution in [1.82, 2.24) is 0 Å². The van der Waals surface area contributed by atoms with Crippen LogP contribution in [0.25, 0.3) is 6.08 Å². The number of methoxy groups -OCH3 is 1. The highest BCUT2D eigenvalue weighted by Gasteiger charge is 2.28. The van der Waals surface area contributed by atoms with E-state index in [0.717, 1.165) is 11.1 Å². The van der Waals surface area contributed by atoms with E-state index in [4.69, 9.17) is 9.47 Å². The fourth-order valence-electron chi connectivity index (χ4n) is 2.55. The molecule has 5 heteroatoms. The number of benzene rings is 2. The van der Waals surface area contributed by atoms with Crippen molar-refractivity contribution in [1.29, 1.82) is 0 Å². The van der Waals surface area contributed by atoms with Gasteiger partial charge < -0.3 is 14.2 Å². The molecule has 0 saturated carbocycles. The highest BCUT2D eigenvalue weighted by atomic mass is 16.6. The van der Waals surface area contributed by atoms with Gasteiger partial charge in [0.1, 0.15) is 11.5 Å². The van der Waals surface area contributed by atoms with Crippen LogP contribution in [0.1, 0.15) is 28.4 Å². The Kier molecular flexibility index (Phi) is 4.57. The lowest BCUT2D eigenvalue weighted by Crippen LogP contribution is -2.24. The average molecular weight is 338 g/mol. The van der Waals surface area contributed by atoms with Crippen LogP contribution in [0, 0.1) is 6.92 Å². The largest absolute Gasteiger partial charge is 0.479 e. The van der Waals surface area contributed by atoms with Crippen LogP contribution < -0.4 is 9.47 Å². The molecule has 5 nitrogen and oxygen atoms in total. The van der Waals surface area contributed by atoms with Crippen LogP contribution >= 0.6 is 0 Å². The molecule has 0 spiro atoms. The van der Waals surface area contributed by atoms with E-state index in [1.807, 2.05) is 31.2 Å². The molecule has 25 heavy (non-hydrogen) atoms. The van der Waals surface area contributed by atoms with E-state index < -0.39 is 12.1 Å². The van der Waals surface area contributed by atoms with Crippen LogP contribution in [0.2, 0.25) is 0 Å². The highest BCUT2D eigenvalue weighted by molar-refractivity contribution is 6.14. The van der Waals surface area contributed by atoms with Crippen LogP contribution in [0.5, 0.6) is 11.5 Å². The molecule has 1 unspecified atom stereocenters. The predicted octanol–water partition coefficient (Wildman–Crippen LogP) is 3.55. The molecule has 1 aliphatic rings. The summed E-state index contributed by atoms with van der Waals surface area (Å²) in [5, 5.41) is 0. The van der Waals surface area contributed by atoms with Crippen LogP contribution in [-0.2, 0) is 9.53 Å².